The Kier molecular flexibility index (Phi) is 6.19. The van der Waals surface area contributed by atoms with E-state index in [0.29, 0.717) is 62.5 Å². The van der Waals surface area contributed by atoms with Gasteiger partial charge in [-0.15, -0.1) is 0 Å². The number of hydrogen-bond donors (Lipinski definition) is 0. The third-order valence-electron chi connectivity index (χ3n) is 7.19. The summed E-state index contributed by atoms with van der Waals surface area (Å²) in [4.78, 5) is 59.0. The fourth-order valence-electron chi connectivity index (χ4n) is 5.13. The zero-order valence-corrected chi connectivity index (χ0v) is 23.0. The first-order valence-corrected chi connectivity index (χ1v) is 13.1. The quantitative estimate of drug-likeness (QED) is 0.607. The Balaban J connectivity index is 1.33. The Morgan fingerprint density at radius 1 is 0.500 bits per heavy atom. The van der Waals surface area contributed by atoms with Crippen LogP contribution in [0.5, 0.6) is 0 Å². The molecule has 0 bridgehead atoms. The molecule has 0 unspecified atom stereocenters. The molecule has 11 nitrogen and oxygen atoms in total. The van der Waals surface area contributed by atoms with Crippen molar-refractivity contribution in [3.63, 3.8) is 0 Å². The molecule has 2 aromatic rings. The maximum Gasteiger partial charge on any atom is 0.331 e. The SMILES string of the molecule is CC(C)(C)N1CCN(c2cccc(N3CCN(c4cccc(N5CCN(C(C)(C)C)C5=O)n4)C3=O)n2)C1=O. The maximum atomic E-state index is 13.5. The third-order valence-corrected chi connectivity index (χ3v) is 7.19. The number of anilines is 4. The van der Waals surface area contributed by atoms with Crippen LogP contribution in [-0.4, -0.2) is 88.2 Å². The number of amides is 6. The Morgan fingerprint density at radius 2 is 0.789 bits per heavy atom. The van der Waals surface area contributed by atoms with Crippen molar-refractivity contribution in [2.45, 2.75) is 52.6 Å². The molecule has 38 heavy (non-hydrogen) atoms. The second kappa shape index (κ2) is 9.14. The van der Waals surface area contributed by atoms with Gasteiger partial charge in [0.1, 0.15) is 23.3 Å². The van der Waals surface area contributed by atoms with Gasteiger partial charge in [0.05, 0.1) is 0 Å². The summed E-state index contributed by atoms with van der Waals surface area (Å²) in [6, 6.07) is 10.4. The highest BCUT2D eigenvalue weighted by atomic mass is 16.2. The van der Waals surface area contributed by atoms with Crippen molar-refractivity contribution < 1.29 is 14.4 Å². The van der Waals surface area contributed by atoms with Crippen LogP contribution in [0.25, 0.3) is 0 Å². The molecule has 3 saturated heterocycles. The highest BCUT2D eigenvalue weighted by Gasteiger charge is 2.39. The molecule has 3 aliphatic heterocycles. The van der Waals surface area contributed by atoms with E-state index in [0.717, 1.165) is 0 Å². The van der Waals surface area contributed by atoms with Crippen LogP contribution in [0.15, 0.2) is 36.4 Å². The minimum Gasteiger partial charge on any atom is -0.318 e. The molecule has 5 rings (SSSR count). The highest BCUT2D eigenvalue weighted by Crippen LogP contribution is 2.30. The number of carbonyl (C=O) groups excluding carboxylic acids is 3. The van der Waals surface area contributed by atoms with Crippen molar-refractivity contribution in [2.75, 3.05) is 58.9 Å². The van der Waals surface area contributed by atoms with Gasteiger partial charge in [0.25, 0.3) is 0 Å². The second-order valence-electron chi connectivity index (χ2n) is 11.8. The number of urea groups is 3. The number of aromatic nitrogens is 2. The summed E-state index contributed by atoms with van der Waals surface area (Å²) in [5.74, 6) is 2.04. The molecule has 202 valence electrons. The molecule has 11 heteroatoms. The van der Waals surface area contributed by atoms with E-state index in [1.807, 2.05) is 63.5 Å². The molecule has 0 spiro atoms. The van der Waals surface area contributed by atoms with Crippen molar-refractivity contribution in [1.29, 1.82) is 0 Å². The molecular formula is C27H36N8O3. The lowest BCUT2D eigenvalue weighted by Crippen LogP contribution is -2.44. The molecule has 6 amide bonds. The van der Waals surface area contributed by atoms with Crippen LogP contribution in [0.3, 0.4) is 0 Å². The molecule has 3 fully saturated rings. The smallest absolute Gasteiger partial charge is 0.318 e. The molecule has 5 heterocycles. The summed E-state index contributed by atoms with van der Waals surface area (Å²) >= 11 is 0. The standard InChI is InChI=1S/C27H36N8O3/c1-26(2,3)34-17-15-32(24(34)37)21-11-7-9-19(28-21)30-13-14-31(23(30)36)20-10-8-12-22(29-20)33-16-18-35(25(33)38)27(4,5)6/h7-12H,13-18H2,1-6H3. The molecule has 0 N–H and O–H groups in total. The predicted molar refractivity (Wildman–Crippen MR) is 147 cm³/mol. The maximum absolute atomic E-state index is 13.5. The van der Waals surface area contributed by atoms with Crippen molar-refractivity contribution >= 4 is 41.4 Å². The molecule has 0 saturated carbocycles. The lowest BCUT2D eigenvalue weighted by molar-refractivity contribution is 0.172. The van der Waals surface area contributed by atoms with E-state index in [-0.39, 0.29) is 29.2 Å². The number of carbonyl (C=O) groups is 3. The fraction of sp³-hybridized carbons (Fsp3) is 0.519. The fourth-order valence-corrected chi connectivity index (χ4v) is 5.13. The van der Waals surface area contributed by atoms with E-state index in [1.165, 1.54) is 0 Å². The average Bonchev–Trinajstić information content (AvgIpc) is 3.55. The normalized spacial score (nSPS) is 19.1. The van der Waals surface area contributed by atoms with Gasteiger partial charge in [-0.05, 0) is 65.8 Å². The van der Waals surface area contributed by atoms with Crippen LogP contribution in [0.2, 0.25) is 0 Å². The molecule has 2 aromatic heterocycles. The lowest BCUT2D eigenvalue weighted by Gasteiger charge is -2.31. The second-order valence-corrected chi connectivity index (χ2v) is 11.8. The van der Waals surface area contributed by atoms with Gasteiger partial charge < -0.3 is 9.80 Å². The summed E-state index contributed by atoms with van der Waals surface area (Å²) in [6.45, 7) is 15.3. The summed E-state index contributed by atoms with van der Waals surface area (Å²) in [5.41, 5.74) is -0.553. The van der Waals surface area contributed by atoms with Gasteiger partial charge >= 0.3 is 18.1 Å². The van der Waals surface area contributed by atoms with Gasteiger partial charge in [-0.25, -0.2) is 24.4 Å². The monoisotopic (exact) mass is 520 g/mol. The molecule has 0 aliphatic carbocycles. The van der Waals surface area contributed by atoms with Crippen molar-refractivity contribution in [3.8, 4) is 0 Å². The Labute approximate surface area is 223 Å². The molecule has 0 radical (unpaired) electrons. The number of pyridine rings is 2. The van der Waals surface area contributed by atoms with Crippen molar-refractivity contribution in [1.82, 2.24) is 19.8 Å². The van der Waals surface area contributed by atoms with E-state index < -0.39 is 0 Å². The van der Waals surface area contributed by atoms with E-state index in [1.54, 1.807) is 43.9 Å². The first kappa shape index (κ1) is 25.7. The van der Waals surface area contributed by atoms with Crippen LogP contribution in [-0.2, 0) is 0 Å². The minimum absolute atomic E-state index is 0.0842. The van der Waals surface area contributed by atoms with E-state index in [2.05, 4.69) is 9.97 Å². The van der Waals surface area contributed by atoms with Crippen LogP contribution in [0.1, 0.15) is 41.5 Å². The van der Waals surface area contributed by atoms with Crippen LogP contribution in [0.4, 0.5) is 37.7 Å². The summed E-state index contributed by atoms with van der Waals surface area (Å²) in [5, 5.41) is 0. The van der Waals surface area contributed by atoms with E-state index >= 15 is 0 Å². The molecular weight excluding hydrogens is 484 g/mol. The van der Waals surface area contributed by atoms with E-state index in [4.69, 9.17) is 0 Å². The zero-order valence-electron chi connectivity index (χ0n) is 23.0. The Bertz CT molecular complexity index is 1170. The summed E-state index contributed by atoms with van der Waals surface area (Å²) in [7, 11) is 0. The van der Waals surface area contributed by atoms with Gasteiger partial charge in [0.15, 0.2) is 0 Å². The first-order chi connectivity index (χ1) is 17.9. The zero-order chi connectivity index (χ0) is 27.4. The molecule has 0 atom stereocenters. The van der Waals surface area contributed by atoms with Gasteiger partial charge in [-0.2, -0.15) is 0 Å². The largest absolute Gasteiger partial charge is 0.331 e. The topological polar surface area (TPSA) is 96.4 Å². The minimum atomic E-state index is -0.277. The lowest BCUT2D eigenvalue weighted by atomic mass is 10.1. The molecule has 0 aromatic carbocycles. The summed E-state index contributed by atoms with van der Waals surface area (Å²) in [6.07, 6.45) is 0. The predicted octanol–water partition coefficient (Wildman–Crippen LogP) is 4.00. The van der Waals surface area contributed by atoms with Gasteiger partial charge in [0.2, 0.25) is 0 Å². The van der Waals surface area contributed by atoms with Gasteiger partial charge in [-0.3, -0.25) is 19.6 Å². The van der Waals surface area contributed by atoms with E-state index in [9.17, 15) is 14.4 Å². The number of hydrogen-bond acceptors (Lipinski definition) is 5. The van der Waals surface area contributed by atoms with Gasteiger partial charge in [0, 0.05) is 50.3 Å². The number of rotatable bonds is 4. The van der Waals surface area contributed by atoms with Crippen LogP contribution in [0, 0.1) is 0 Å². The van der Waals surface area contributed by atoms with Crippen molar-refractivity contribution in [3.05, 3.63) is 36.4 Å². The summed E-state index contributed by atoms with van der Waals surface area (Å²) < 4.78 is 0. The van der Waals surface area contributed by atoms with Crippen LogP contribution >= 0.6 is 0 Å². The Hall–Kier alpha value is -3.89. The Morgan fingerprint density at radius 3 is 1.08 bits per heavy atom. The van der Waals surface area contributed by atoms with Gasteiger partial charge in [-0.1, -0.05) is 12.1 Å². The molecule has 3 aliphatic rings. The average molecular weight is 521 g/mol. The highest BCUT2D eigenvalue weighted by molar-refractivity contribution is 6.05. The third kappa shape index (κ3) is 4.50. The van der Waals surface area contributed by atoms with Crippen LogP contribution < -0.4 is 19.6 Å². The first-order valence-electron chi connectivity index (χ1n) is 13.1. The number of nitrogens with zero attached hydrogens (tertiary/aromatic N) is 8. The van der Waals surface area contributed by atoms with Crippen molar-refractivity contribution in [2.24, 2.45) is 0 Å².